The maximum Gasteiger partial charge on any atom is 0.271 e. The summed E-state index contributed by atoms with van der Waals surface area (Å²) in [7, 11) is 0. The van der Waals surface area contributed by atoms with Gasteiger partial charge in [-0.3, -0.25) is 4.79 Å². The molecule has 0 radical (unpaired) electrons. The molecule has 1 heterocycles. The topological polar surface area (TPSA) is 42.0 Å². The van der Waals surface area contributed by atoms with Gasteiger partial charge in [-0.25, -0.2) is 8.78 Å². The zero-order valence-electron chi connectivity index (χ0n) is 11.2. The van der Waals surface area contributed by atoms with Crippen molar-refractivity contribution in [2.45, 2.75) is 31.2 Å². The molecule has 3 unspecified atom stereocenters. The minimum absolute atomic E-state index is 0.0517. The lowest BCUT2D eigenvalue weighted by atomic mass is 9.88. The molecule has 1 aliphatic carbocycles. The lowest BCUT2D eigenvalue weighted by molar-refractivity contribution is 0.0870. The summed E-state index contributed by atoms with van der Waals surface area (Å²) in [4.78, 5) is 12.2. The Morgan fingerprint density at radius 3 is 2.95 bits per heavy atom. The van der Waals surface area contributed by atoms with Crippen LogP contribution in [-0.4, -0.2) is 28.7 Å². The standard InChI is InChI=1S/C15H14F2N2OS/c1-8-6-11(17)12(7-10(8)16)18-15(20)14-9-4-2-3-5-13(9)21-19-14/h2-5,10-12H,1,6-7H2,(H,18,20). The summed E-state index contributed by atoms with van der Waals surface area (Å²) in [5.41, 5.74) is 0.523. The van der Waals surface area contributed by atoms with Crippen molar-refractivity contribution in [3.05, 3.63) is 42.1 Å². The van der Waals surface area contributed by atoms with Gasteiger partial charge in [-0.05, 0) is 23.2 Å². The summed E-state index contributed by atoms with van der Waals surface area (Å²) in [5, 5.41) is 3.29. The van der Waals surface area contributed by atoms with E-state index >= 15 is 0 Å². The maximum atomic E-state index is 13.9. The largest absolute Gasteiger partial charge is 0.345 e. The van der Waals surface area contributed by atoms with Crippen molar-refractivity contribution < 1.29 is 13.6 Å². The van der Waals surface area contributed by atoms with E-state index in [4.69, 9.17) is 0 Å². The number of rotatable bonds is 2. The summed E-state index contributed by atoms with van der Waals surface area (Å²) in [6, 6.07) is 6.50. The van der Waals surface area contributed by atoms with Gasteiger partial charge in [0.15, 0.2) is 0 Å². The Hall–Kier alpha value is -1.82. The number of nitrogens with one attached hydrogen (secondary N) is 1. The van der Waals surface area contributed by atoms with E-state index in [1.54, 1.807) is 6.07 Å². The van der Waals surface area contributed by atoms with Crippen LogP contribution in [0.15, 0.2) is 36.4 Å². The molecule has 6 heteroatoms. The molecule has 1 amide bonds. The predicted octanol–water partition coefficient (Wildman–Crippen LogP) is 3.42. The zero-order chi connectivity index (χ0) is 15.0. The van der Waals surface area contributed by atoms with Crippen LogP contribution in [0, 0.1) is 0 Å². The Labute approximate surface area is 124 Å². The van der Waals surface area contributed by atoms with Crippen molar-refractivity contribution in [2.24, 2.45) is 0 Å². The second-order valence-corrected chi connectivity index (χ2v) is 5.99. The first-order valence-corrected chi connectivity index (χ1v) is 7.44. The molecule has 0 bridgehead atoms. The third-order valence-electron chi connectivity index (χ3n) is 3.71. The van der Waals surface area contributed by atoms with Crippen molar-refractivity contribution in [3.63, 3.8) is 0 Å². The van der Waals surface area contributed by atoms with Crippen LogP contribution in [0.25, 0.3) is 10.1 Å². The lowest BCUT2D eigenvalue weighted by Gasteiger charge is -2.30. The minimum atomic E-state index is -1.31. The van der Waals surface area contributed by atoms with Gasteiger partial charge in [0.05, 0.1) is 10.7 Å². The van der Waals surface area contributed by atoms with E-state index in [9.17, 15) is 13.6 Å². The molecule has 1 aromatic carbocycles. The molecule has 3 atom stereocenters. The Bertz CT molecular complexity index is 700. The number of hydrogen-bond donors (Lipinski definition) is 1. The molecule has 1 saturated carbocycles. The summed E-state index contributed by atoms with van der Waals surface area (Å²) in [5.74, 6) is -0.459. The maximum absolute atomic E-state index is 13.9. The highest BCUT2D eigenvalue weighted by Crippen LogP contribution is 2.28. The highest BCUT2D eigenvalue weighted by Gasteiger charge is 2.34. The number of benzene rings is 1. The van der Waals surface area contributed by atoms with Crippen LogP contribution in [-0.2, 0) is 0 Å². The predicted molar refractivity (Wildman–Crippen MR) is 79.0 cm³/mol. The molecule has 0 aliphatic heterocycles. The van der Waals surface area contributed by atoms with Gasteiger partial charge in [0.1, 0.15) is 18.0 Å². The fourth-order valence-corrected chi connectivity index (χ4v) is 3.27. The highest BCUT2D eigenvalue weighted by atomic mass is 32.1. The van der Waals surface area contributed by atoms with E-state index in [1.807, 2.05) is 18.2 Å². The second kappa shape index (κ2) is 5.52. The van der Waals surface area contributed by atoms with Crippen LogP contribution in [0.1, 0.15) is 23.3 Å². The molecular formula is C15H14F2N2OS. The van der Waals surface area contributed by atoms with E-state index in [1.165, 1.54) is 11.5 Å². The van der Waals surface area contributed by atoms with Crippen LogP contribution in [0.2, 0.25) is 0 Å². The zero-order valence-corrected chi connectivity index (χ0v) is 12.0. The average molecular weight is 308 g/mol. The monoisotopic (exact) mass is 308 g/mol. The number of nitrogens with zero attached hydrogens (tertiary/aromatic N) is 1. The molecule has 1 fully saturated rings. The van der Waals surface area contributed by atoms with Gasteiger partial charge >= 0.3 is 0 Å². The smallest absolute Gasteiger partial charge is 0.271 e. The van der Waals surface area contributed by atoms with Crippen molar-refractivity contribution in [1.29, 1.82) is 0 Å². The SMILES string of the molecule is C=C1CC(F)C(NC(=O)c2nsc3ccccc23)CC1F. The molecule has 2 aromatic rings. The third kappa shape index (κ3) is 2.68. The molecule has 1 N–H and O–H groups in total. The van der Waals surface area contributed by atoms with Crippen molar-refractivity contribution >= 4 is 27.5 Å². The summed E-state index contributed by atoms with van der Waals surface area (Å²) < 4.78 is 32.5. The number of hydrogen-bond acceptors (Lipinski definition) is 3. The van der Waals surface area contributed by atoms with Gasteiger partial charge in [0.2, 0.25) is 0 Å². The van der Waals surface area contributed by atoms with Crippen molar-refractivity contribution in [2.75, 3.05) is 0 Å². The number of allylic oxidation sites excluding steroid dienone is 1. The Morgan fingerprint density at radius 2 is 2.14 bits per heavy atom. The summed E-state index contributed by atoms with van der Waals surface area (Å²) in [6.07, 6.45) is -2.70. The number of fused-ring (bicyclic) bond motifs is 1. The average Bonchev–Trinajstić information content (AvgIpc) is 2.88. The number of halogens is 2. The number of alkyl halides is 2. The highest BCUT2D eigenvalue weighted by molar-refractivity contribution is 7.13. The molecule has 1 aliphatic rings. The fraction of sp³-hybridized carbons (Fsp3) is 0.333. The normalized spacial score (nSPS) is 26.0. The molecule has 110 valence electrons. The summed E-state index contributed by atoms with van der Waals surface area (Å²) in [6.45, 7) is 3.51. The van der Waals surface area contributed by atoms with Crippen LogP contribution in [0.3, 0.4) is 0 Å². The van der Waals surface area contributed by atoms with Gasteiger partial charge in [0.25, 0.3) is 5.91 Å². The Morgan fingerprint density at radius 1 is 1.38 bits per heavy atom. The van der Waals surface area contributed by atoms with Gasteiger partial charge in [0, 0.05) is 18.2 Å². The second-order valence-electron chi connectivity index (χ2n) is 5.19. The first-order valence-electron chi connectivity index (χ1n) is 6.67. The fourth-order valence-electron chi connectivity index (χ4n) is 2.49. The molecule has 1 aromatic heterocycles. The van der Waals surface area contributed by atoms with E-state index < -0.39 is 24.3 Å². The van der Waals surface area contributed by atoms with E-state index in [2.05, 4.69) is 16.3 Å². The molecule has 3 rings (SSSR count). The number of carbonyl (C=O) groups excluding carboxylic acids is 1. The van der Waals surface area contributed by atoms with Crippen molar-refractivity contribution in [3.8, 4) is 0 Å². The van der Waals surface area contributed by atoms with Crippen LogP contribution < -0.4 is 5.32 Å². The van der Waals surface area contributed by atoms with Gasteiger partial charge < -0.3 is 5.32 Å². The Kier molecular flexibility index (Phi) is 3.71. The summed E-state index contributed by atoms with van der Waals surface area (Å²) >= 11 is 1.21. The molecular weight excluding hydrogens is 294 g/mol. The third-order valence-corrected chi connectivity index (χ3v) is 4.53. The molecule has 21 heavy (non-hydrogen) atoms. The van der Waals surface area contributed by atoms with E-state index in [0.717, 1.165) is 10.1 Å². The number of carbonyl (C=O) groups is 1. The van der Waals surface area contributed by atoms with Crippen molar-refractivity contribution in [1.82, 2.24) is 9.69 Å². The molecule has 3 nitrogen and oxygen atoms in total. The van der Waals surface area contributed by atoms with Crippen LogP contribution >= 0.6 is 11.5 Å². The first kappa shape index (κ1) is 14.1. The van der Waals surface area contributed by atoms with Gasteiger partial charge in [-0.15, -0.1) is 0 Å². The first-order chi connectivity index (χ1) is 10.1. The van der Waals surface area contributed by atoms with Gasteiger partial charge in [-0.2, -0.15) is 4.37 Å². The van der Waals surface area contributed by atoms with E-state index in [0.29, 0.717) is 0 Å². The van der Waals surface area contributed by atoms with Crippen LogP contribution in [0.5, 0.6) is 0 Å². The Balaban J connectivity index is 1.78. The quantitative estimate of drug-likeness (QED) is 0.864. The number of amides is 1. The van der Waals surface area contributed by atoms with Crippen LogP contribution in [0.4, 0.5) is 8.78 Å². The number of aromatic nitrogens is 1. The van der Waals surface area contributed by atoms with E-state index in [-0.39, 0.29) is 24.1 Å². The van der Waals surface area contributed by atoms with Gasteiger partial charge in [-0.1, -0.05) is 24.8 Å². The molecule has 0 spiro atoms. The minimum Gasteiger partial charge on any atom is -0.345 e. The lowest BCUT2D eigenvalue weighted by Crippen LogP contribution is -2.46. The molecule has 0 saturated heterocycles.